The third-order valence-corrected chi connectivity index (χ3v) is 1.93. The van der Waals surface area contributed by atoms with Crippen molar-refractivity contribution in [3.8, 4) is 11.4 Å². The molecule has 2 aromatic heterocycles. The Morgan fingerprint density at radius 1 is 1.50 bits per heavy atom. The molecule has 2 rings (SSSR count). The van der Waals surface area contributed by atoms with E-state index in [0.717, 1.165) is 11.3 Å². The first-order valence-corrected chi connectivity index (χ1v) is 4.38. The Hall–Kier alpha value is -1.62. The van der Waals surface area contributed by atoms with Crippen molar-refractivity contribution >= 4 is 0 Å². The summed E-state index contributed by atoms with van der Waals surface area (Å²) in [5.74, 6) is 1.90. The maximum atomic E-state index is 5.37. The minimum atomic E-state index is 0.506. The number of nitrogens with zero attached hydrogens (tertiary/aromatic N) is 2. The van der Waals surface area contributed by atoms with E-state index in [1.54, 1.807) is 6.26 Å². The Balaban J connectivity index is 2.29. The van der Waals surface area contributed by atoms with Crippen molar-refractivity contribution in [3.05, 3.63) is 24.0 Å². The Kier molecular flexibility index (Phi) is 2.32. The van der Waals surface area contributed by atoms with Crippen molar-refractivity contribution in [1.29, 1.82) is 0 Å². The van der Waals surface area contributed by atoms with Gasteiger partial charge in [-0.25, -0.2) is 0 Å². The van der Waals surface area contributed by atoms with E-state index in [1.165, 1.54) is 0 Å². The second kappa shape index (κ2) is 3.63. The lowest BCUT2D eigenvalue weighted by molar-refractivity contribution is 0.380. The van der Waals surface area contributed by atoms with E-state index in [0.29, 0.717) is 24.7 Å². The molecule has 0 aliphatic carbocycles. The maximum absolute atomic E-state index is 5.37. The Bertz CT molecular complexity index is 419. The van der Waals surface area contributed by atoms with E-state index in [9.17, 15) is 0 Å². The van der Waals surface area contributed by atoms with E-state index in [-0.39, 0.29) is 0 Å². The number of aryl methyl sites for hydroxylation is 1. The minimum absolute atomic E-state index is 0.506. The molecule has 74 valence electrons. The number of aromatic nitrogens is 2. The zero-order chi connectivity index (χ0) is 9.97. The predicted octanol–water partition coefficient (Wildman–Crippen LogP) is 1.14. The van der Waals surface area contributed by atoms with Gasteiger partial charge in [-0.15, -0.1) is 0 Å². The monoisotopic (exact) mass is 193 g/mol. The smallest absolute Gasteiger partial charge is 0.228 e. The molecular weight excluding hydrogens is 182 g/mol. The molecule has 0 atom stereocenters. The predicted molar refractivity (Wildman–Crippen MR) is 49.5 cm³/mol. The van der Waals surface area contributed by atoms with Gasteiger partial charge in [0.2, 0.25) is 11.7 Å². The summed E-state index contributed by atoms with van der Waals surface area (Å²) in [5.41, 5.74) is 6.23. The molecule has 2 aromatic rings. The first-order chi connectivity index (χ1) is 6.81. The zero-order valence-corrected chi connectivity index (χ0v) is 7.86. The Labute approximate surface area is 80.9 Å². The highest BCUT2D eigenvalue weighted by atomic mass is 16.5. The van der Waals surface area contributed by atoms with Gasteiger partial charge in [0, 0.05) is 13.0 Å². The van der Waals surface area contributed by atoms with Crippen LogP contribution in [0, 0.1) is 6.92 Å². The van der Waals surface area contributed by atoms with Gasteiger partial charge in [0.25, 0.3) is 0 Å². The second-order valence-corrected chi connectivity index (χ2v) is 2.94. The first kappa shape index (κ1) is 8.96. The van der Waals surface area contributed by atoms with Crippen LogP contribution in [0.2, 0.25) is 0 Å². The standard InChI is InChI=1S/C9H11N3O2/c1-6-7(3-5-13-6)9-11-8(2-4-10)14-12-9/h3,5H,2,4,10H2,1H3. The van der Waals surface area contributed by atoms with Crippen LogP contribution in [0.3, 0.4) is 0 Å². The van der Waals surface area contributed by atoms with E-state index in [4.69, 9.17) is 14.7 Å². The first-order valence-electron chi connectivity index (χ1n) is 4.38. The van der Waals surface area contributed by atoms with Crippen LogP contribution in [0.25, 0.3) is 11.4 Å². The van der Waals surface area contributed by atoms with Gasteiger partial charge < -0.3 is 14.7 Å². The molecule has 0 bridgehead atoms. The highest BCUT2D eigenvalue weighted by molar-refractivity contribution is 5.55. The van der Waals surface area contributed by atoms with E-state index >= 15 is 0 Å². The third-order valence-electron chi connectivity index (χ3n) is 1.93. The second-order valence-electron chi connectivity index (χ2n) is 2.94. The van der Waals surface area contributed by atoms with Crippen molar-refractivity contribution in [3.63, 3.8) is 0 Å². The van der Waals surface area contributed by atoms with Gasteiger partial charge in [-0.2, -0.15) is 4.98 Å². The topological polar surface area (TPSA) is 78.1 Å². The van der Waals surface area contributed by atoms with Crippen LogP contribution >= 0.6 is 0 Å². The maximum Gasteiger partial charge on any atom is 0.228 e. The Morgan fingerprint density at radius 2 is 2.36 bits per heavy atom. The lowest BCUT2D eigenvalue weighted by Gasteiger charge is -1.87. The summed E-state index contributed by atoms with van der Waals surface area (Å²) < 4.78 is 10.1. The fraction of sp³-hybridized carbons (Fsp3) is 0.333. The molecule has 5 nitrogen and oxygen atoms in total. The minimum Gasteiger partial charge on any atom is -0.469 e. The highest BCUT2D eigenvalue weighted by Crippen LogP contribution is 2.20. The summed E-state index contributed by atoms with van der Waals surface area (Å²) in [6.07, 6.45) is 2.20. The van der Waals surface area contributed by atoms with Crippen molar-refractivity contribution < 1.29 is 8.94 Å². The number of nitrogens with two attached hydrogens (primary N) is 1. The lowest BCUT2D eigenvalue weighted by Crippen LogP contribution is -2.02. The normalized spacial score (nSPS) is 10.7. The molecule has 0 amide bonds. The molecule has 14 heavy (non-hydrogen) atoms. The van der Waals surface area contributed by atoms with Gasteiger partial charge in [-0.05, 0) is 13.0 Å². The molecule has 0 fully saturated rings. The van der Waals surface area contributed by atoms with Crippen molar-refractivity contribution in [1.82, 2.24) is 10.1 Å². The fourth-order valence-corrected chi connectivity index (χ4v) is 1.21. The molecule has 0 aliphatic heterocycles. The van der Waals surface area contributed by atoms with Crippen molar-refractivity contribution in [2.75, 3.05) is 6.54 Å². The van der Waals surface area contributed by atoms with Gasteiger partial charge in [0.1, 0.15) is 5.76 Å². The molecule has 0 aliphatic rings. The molecule has 2 N–H and O–H groups in total. The Morgan fingerprint density at radius 3 is 3.00 bits per heavy atom. The molecule has 0 aromatic carbocycles. The summed E-state index contributed by atoms with van der Waals surface area (Å²) in [7, 11) is 0. The van der Waals surface area contributed by atoms with Gasteiger partial charge in [0.05, 0.1) is 11.8 Å². The number of hydrogen-bond donors (Lipinski definition) is 1. The summed E-state index contributed by atoms with van der Waals surface area (Å²) in [6.45, 7) is 2.36. The molecule has 2 heterocycles. The van der Waals surface area contributed by atoms with Gasteiger partial charge in [0.15, 0.2) is 0 Å². The van der Waals surface area contributed by atoms with E-state index in [2.05, 4.69) is 10.1 Å². The number of furan rings is 1. The zero-order valence-electron chi connectivity index (χ0n) is 7.86. The van der Waals surface area contributed by atoms with Crippen molar-refractivity contribution in [2.45, 2.75) is 13.3 Å². The van der Waals surface area contributed by atoms with Crippen LogP contribution < -0.4 is 5.73 Å². The summed E-state index contributed by atoms with van der Waals surface area (Å²) >= 11 is 0. The van der Waals surface area contributed by atoms with Crippen LogP contribution in [0.5, 0.6) is 0 Å². The quantitative estimate of drug-likeness (QED) is 0.790. The average molecular weight is 193 g/mol. The molecule has 0 saturated heterocycles. The molecule has 5 heteroatoms. The SMILES string of the molecule is Cc1occc1-c1noc(CCN)n1. The van der Waals surface area contributed by atoms with E-state index < -0.39 is 0 Å². The molecule has 0 radical (unpaired) electrons. The molecule has 0 saturated carbocycles. The van der Waals surface area contributed by atoms with Crippen LogP contribution in [0.4, 0.5) is 0 Å². The van der Waals surface area contributed by atoms with Crippen LogP contribution in [0.15, 0.2) is 21.3 Å². The number of rotatable bonds is 3. The third kappa shape index (κ3) is 1.54. The fourth-order valence-electron chi connectivity index (χ4n) is 1.21. The summed E-state index contributed by atoms with van der Waals surface area (Å²) in [4.78, 5) is 4.19. The molecular formula is C9H11N3O2. The lowest BCUT2D eigenvalue weighted by atomic mass is 10.2. The van der Waals surface area contributed by atoms with Gasteiger partial charge >= 0.3 is 0 Å². The van der Waals surface area contributed by atoms with Gasteiger partial charge in [-0.1, -0.05) is 5.16 Å². The highest BCUT2D eigenvalue weighted by Gasteiger charge is 2.11. The summed E-state index contributed by atoms with van der Waals surface area (Å²) in [6, 6.07) is 1.81. The van der Waals surface area contributed by atoms with Crippen LogP contribution in [-0.2, 0) is 6.42 Å². The molecule has 0 spiro atoms. The van der Waals surface area contributed by atoms with Crippen LogP contribution in [0.1, 0.15) is 11.7 Å². The van der Waals surface area contributed by atoms with E-state index in [1.807, 2.05) is 13.0 Å². The molecule has 0 unspecified atom stereocenters. The van der Waals surface area contributed by atoms with Crippen molar-refractivity contribution in [2.24, 2.45) is 5.73 Å². The largest absolute Gasteiger partial charge is 0.469 e. The van der Waals surface area contributed by atoms with Gasteiger partial charge in [-0.3, -0.25) is 0 Å². The van der Waals surface area contributed by atoms with Crippen LogP contribution in [-0.4, -0.2) is 16.7 Å². The number of hydrogen-bond acceptors (Lipinski definition) is 5. The average Bonchev–Trinajstić information content (AvgIpc) is 2.74. The summed E-state index contributed by atoms with van der Waals surface area (Å²) in [5, 5.41) is 3.84.